The first-order valence-corrected chi connectivity index (χ1v) is 5.37. The predicted octanol–water partition coefficient (Wildman–Crippen LogP) is 4.49. The molecule has 0 aromatic heterocycles. The quantitative estimate of drug-likeness (QED) is 0.583. The van der Waals surface area contributed by atoms with E-state index in [0.717, 1.165) is 11.8 Å². The monoisotopic (exact) mass is 170 g/mol. The fraction of sp³-hybridized carbons (Fsp3) is 1.00. The van der Waals surface area contributed by atoms with Crippen LogP contribution in [-0.2, 0) is 0 Å². The standard InChI is InChI=1S/C12H26/c1-7-8-10(2)11(3)9-12(4,5)6/h10-11H,7-9H2,1-6H3. The molecule has 0 rings (SSSR count). The van der Waals surface area contributed by atoms with Crippen LogP contribution in [0.25, 0.3) is 0 Å². The van der Waals surface area contributed by atoms with E-state index in [9.17, 15) is 0 Å². The summed E-state index contributed by atoms with van der Waals surface area (Å²) in [6, 6.07) is 0. The van der Waals surface area contributed by atoms with E-state index in [-0.39, 0.29) is 0 Å². The van der Waals surface area contributed by atoms with Crippen LogP contribution in [0.4, 0.5) is 0 Å². The Morgan fingerprint density at radius 3 is 1.83 bits per heavy atom. The number of hydrogen-bond donors (Lipinski definition) is 0. The van der Waals surface area contributed by atoms with Gasteiger partial charge in [-0.1, -0.05) is 54.4 Å². The van der Waals surface area contributed by atoms with Crippen molar-refractivity contribution in [3.8, 4) is 0 Å². The Labute approximate surface area is 78.8 Å². The molecule has 2 unspecified atom stereocenters. The summed E-state index contributed by atoms with van der Waals surface area (Å²) in [7, 11) is 0. The summed E-state index contributed by atoms with van der Waals surface area (Å²) < 4.78 is 0. The third-order valence-corrected chi connectivity index (χ3v) is 2.65. The Kier molecular flexibility index (Phi) is 4.89. The smallest absolute Gasteiger partial charge is 0.0380 e. The molecule has 0 aliphatic carbocycles. The zero-order valence-electron chi connectivity index (χ0n) is 9.78. The van der Waals surface area contributed by atoms with Gasteiger partial charge in [-0.25, -0.2) is 0 Å². The molecule has 0 saturated heterocycles. The van der Waals surface area contributed by atoms with Crippen LogP contribution in [0.15, 0.2) is 0 Å². The Morgan fingerprint density at radius 1 is 1.00 bits per heavy atom. The van der Waals surface area contributed by atoms with Gasteiger partial charge in [0.1, 0.15) is 0 Å². The van der Waals surface area contributed by atoms with Crippen LogP contribution in [0.3, 0.4) is 0 Å². The molecule has 0 spiro atoms. The molecule has 12 heavy (non-hydrogen) atoms. The van der Waals surface area contributed by atoms with E-state index in [1.807, 2.05) is 0 Å². The topological polar surface area (TPSA) is 0 Å². The summed E-state index contributed by atoms with van der Waals surface area (Å²) in [5.41, 5.74) is 0.501. The van der Waals surface area contributed by atoms with Gasteiger partial charge in [0.2, 0.25) is 0 Å². The van der Waals surface area contributed by atoms with E-state index >= 15 is 0 Å². The van der Waals surface area contributed by atoms with Gasteiger partial charge >= 0.3 is 0 Å². The summed E-state index contributed by atoms with van der Waals surface area (Å²) >= 11 is 0. The second-order valence-electron chi connectivity index (χ2n) is 5.51. The predicted molar refractivity (Wildman–Crippen MR) is 57.3 cm³/mol. The van der Waals surface area contributed by atoms with E-state index in [1.165, 1.54) is 19.3 Å². The largest absolute Gasteiger partial charge is 0.0654 e. The zero-order chi connectivity index (χ0) is 9.78. The molecule has 0 nitrogen and oxygen atoms in total. The van der Waals surface area contributed by atoms with E-state index in [4.69, 9.17) is 0 Å². The minimum atomic E-state index is 0.501. The molecule has 0 radical (unpaired) electrons. The van der Waals surface area contributed by atoms with Gasteiger partial charge in [-0.3, -0.25) is 0 Å². The highest BCUT2D eigenvalue weighted by Gasteiger charge is 2.19. The van der Waals surface area contributed by atoms with Crippen molar-refractivity contribution in [2.75, 3.05) is 0 Å². The zero-order valence-corrected chi connectivity index (χ0v) is 9.78. The van der Waals surface area contributed by atoms with E-state index in [1.54, 1.807) is 0 Å². The molecule has 0 heterocycles. The number of rotatable bonds is 4. The molecule has 0 N–H and O–H groups in total. The van der Waals surface area contributed by atoms with Crippen LogP contribution in [0.1, 0.15) is 60.8 Å². The van der Waals surface area contributed by atoms with E-state index in [2.05, 4.69) is 41.5 Å². The molecule has 0 aliphatic heterocycles. The summed E-state index contributed by atoms with van der Waals surface area (Å²) in [6.07, 6.45) is 4.07. The summed E-state index contributed by atoms with van der Waals surface area (Å²) in [4.78, 5) is 0. The molecule has 74 valence electrons. The van der Waals surface area contributed by atoms with Crippen LogP contribution in [-0.4, -0.2) is 0 Å². The summed E-state index contributed by atoms with van der Waals surface area (Å²) in [5.74, 6) is 1.78. The van der Waals surface area contributed by atoms with Gasteiger partial charge in [0.15, 0.2) is 0 Å². The highest BCUT2D eigenvalue weighted by molar-refractivity contribution is 4.70. The van der Waals surface area contributed by atoms with Crippen molar-refractivity contribution < 1.29 is 0 Å². The Hall–Kier alpha value is 0. The van der Waals surface area contributed by atoms with Gasteiger partial charge in [0.05, 0.1) is 0 Å². The van der Waals surface area contributed by atoms with Crippen molar-refractivity contribution in [2.24, 2.45) is 17.3 Å². The van der Waals surface area contributed by atoms with Crippen molar-refractivity contribution in [2.45, 2.75) is 60.8 Å². The summed E-state index contributed by atoms with van der Waals surface area (Å²) in [5, 5.41) is 0. The first kappa shape index (κ1) is 12.0. The average molecular weight is 170 g/mol. The lowest BCUT2D eigenvalue weighted by molar-refractivity contribution is 0.240. The molecular weight excluding hydrogens is 144 g/mol. The van der Waals surface area contributed by atoms with Gasteiger partial charge in [-0.05, 0) is 23.7 Å². The minimum absolute atomic E-state index is 0.501. The number of hydrogen-bond acceptors (Lipinski definition) is 0. The maximum absolute atomic E-state index is 2.39. The second-order valence-corrected chi connectivity index (χ2v) is 5.51. The third kappa shape index (κ3) is 5.62. The fourth-order valence-electron chi connectivity index (χ4n) is 1.91. The van der Waals surface area contributed by atoms with Gasteiger partial charge in [-0.15, -0.1) is 0 Å². The average Bonchev–Trinajstić information content (AvgIpc) is 1.84. The maximum Gasteiger partial charge on any atom is -0.0380 e. The lowest BCUT2D eigenvalue weighted by Crippen LogP contribution is -2.16. The molecule has 0 heteroatoms. The van der Waals surface area contributed by atoms with Crippen LogP contribution >= 0.6 is 0 Å². The van der Waals surface area contributed by atoms with Crippen LogP contribution in [0, 0.1) is 17.3 Å². The molecule has 2 atom stereocenters. The molecule has 0 bridgehead atoms. The van der Waals surface area contributed by atoms with Crippen LogP contribution in [0.2, 0.25) is 0 Å². The molecule has 0 aliphatic rings. The van der Waals surface area contributed by atoms with E-state index < -0.39 is 0 Å². The Morgan fingerprint density at radius 2 is 1.50 bits per heavy atom. The first-order valence-electron chi connectivity index (χ1n) is 5.37. The minimum Gasteiger partial charge on any atom is -0.0654 e. The third-order valence-electron chi connectivity index (χ3n) is 2.65. The van der Waals surface area contributed by atoms with Gasteiger partial charge in [0, 0.05) is 0 Å². The normalized spacial score (nSPS) is 17.5. The first-order chi connectivity index (χ1) is 5.37. The highest BCUT2D eigenvalue weighted by Crippen LogP contribution is 2.30. The van der Waals surface area contributed by atoms with Crippen molar-refractivity contribution in [3.63, 3.8) is 0 Å². The maximum atomic E-state index is 2.39. The molecule has 0 aromatic rings. The van der Waals surface area contributed by atoms with Crippen molar-refractivity contribution in [3.05, 3.63) is 0 Å². The van der Waals surface area contributed by atoms with Gasteiger partial charge in [0.25, 0.3) is 0 Å². The highest BCUT2D eigenvalue weighted by atomic mass is 14.2. The van der Waals surface area contributed by atoms with Gasteiger partial charge < -0.3 is 0 Å². The Bertz CT molecular complexity index is 108. The SMILES string of the molecule is CCCC(C)C(C)CC(C)(C)C. The molecule has 0 fully saturated rings. The van der Waals surface area contributed by atoms with Gasteiger partial charge in [-0.2, -0.15) is 0 Å². The molecule has 0 amide bonds. The summed E-state index contributed by atoms with van der Waals surface area (Å²) in [6.45, 7) is 14.1. The lowest BCUT2D eigenvalue weighted by Gasteiger charge is -2.27. The lowest BCUT2D eigenvalue weighted by atomic mass is 9.79. The molecule has 0 saturated carbocycles. The van der Waals surface area contributed by atoms with E-state index in [0.29, 0.717) is 5.41 Å². The van der Waals surface area contributed by atoms with Crippen molar-refractivity contribution in [1.29, 1.82) is 0 Å². The van der Waals surface area contributed by atoms with Crippen molar-refractivity contribution >= 4 is 0 Å². The van der Waals surface area contributed by atoms with Crippen LogP contribution < -0.4 is 0 Å². The fourth-order valence-corrected chi connectivity index (χ4v) is 1.91. The second kappa shape index (κ2) is 4.89. The molecule has 0 aromatic carbocycles. The Balaban J connectivity index is 3.78. The molecular formula is C12H26. The van der Waals surface area contributed by atoms with Crippen LogP contribution in [0.5, 0.6) is 0 Å². The van der Waals surface area contributed by atoms with Crippen molar-refractivity contribution in [1.82, 2.24) is 0 Å².